The van der Waals surface area contributed by atoms with E-state index < -0.39 is 6.29 Å². The maximum Gasteiger partial charge on any atom is 0.151 e. The predicted molar refractivity (Wildman–Crippen MR) is 60.4 cm³/mol. The van der Waals surface area contributed by atoms with Crippen LogP contribution in [0.4, 0.5) is 0 Å². The molecule has 94 valence electrons. The quantitative estimate of drug-likeness (QED) is 0.365. The van der Waals surface area contributed by atoms with Crippen molar-refractivity contribution in [3.05, 3.63) is 0 Å². The van der Waals surface area contributed by atoms with Gasteiger partial charge in [-0.1, -0.05) is 19.8 Å². The van der Waals surface area contributed by atoms with Crippen molar-refractivity contribution in [3.63, 3.8) is 0 Å². The van der Waals surface area contributed by atoms with Crippen molar-refractivity contribution in [3.8, 4) is 0 Å². The molecule has 0 aromatic heterocycles. The molecule has 0 heterocycles. The molecule has 0 saturated heterocycles. The van der Waals surface area contributed by atoms with Crippen molar-refractivity contribution in [2.24, 2.45) is 0 Å². The summed E-state index contributed by atoms with van der Waals surface area (Å²) in [4.78, 5) is 0. The highest BCUT2D eigenvalue weighted by Gasteiger charge is 1.93. The summed E-state index contributed by atoms with van der Waals surface area (Å²) in [5.41, 5.74) is 0. The summed E-state index contributed by atoms with van der Waals surface area (Å²) in [7, 11) is 0. The first-order chi connectivity index (χ1) is 7.18. The average molecular weight is 222 g/mol. The van der Waals surface area contributed by atoms with Gasteiger partial charge >= 0.3 is 0 Å². The maximum atomic E-state index is 8.33. The largest absolute Gasteiger partial charge is 0.396 e. The number of hydrogen-bond donors (Lipinski definition) is 4. The van der Waals surface area contributed by atoms with Gasteiger partial charge in [-0.2, -0.15) is 0 Å². The molecule has 0 amide bonds. The van der Waals surface area contributed by atoms with E-state index >= 15 is 0 Å². The zero-order valence-electron chi connectivity index (χ0n) is 9.73. The fraction of sp³-hybridized carbons (Fsp3) is 1.00. The second-order valence-corrected chi connectivity index (χ2v) is 3.48. The third kappa shape index (κ3) is 24.8. The predicted octanol–water partition coefficient (Wildman–Crippen LogP) is 1.02. The van der Waals surface area contributed by atoms with Gasteiger partial charge in [-0.3, -0.25) is 0 Å². The summed E-state index contributed by atoms with van der Waals surface area (Å²) in [5.74, 6) is 0. The molecule has 0 saturated carbocycles. The van der Waals surface area contributed by atoms with Gasteiger partial charge in [-0.25, -0.2) is 0 Å². The molecule has 0 aliphatic carbocycles. The lowest BCUT2D eigenvalue weighted by atomic mass is 10.2. The molecule has 0 aliphatic rings. The lowest BCUT2D eigenvalue weighted by Crippen LogP contribution is -2.02. The highest BCUT2D eigenvalue weighted by atomic mass is 16.5. The summed E-state index contributed by atoms with van der Waals surface area (Å²) >= 11 is 0. The van der Waals surface area contributed by atoms with E-state index in [1.54, 1.807) is 0 Å². The Bertz CT molecular complexity index is 92.6. The molecule has 15 heavy (non-hydrogen) atoms. The van der Waals surface area contributed by atoms with E-state index in [4.69, 9.17) is 20.4 Å². The number of unbranched alkanes of at least 4 members (excludes halogenated alkanes) is 4. The van der Waals surface area contributed by atoms with Crippen LogP contribution in [0.25, 0.3) is 0 Å². The first-order valence-electron chi connectivity index (χ1n) is 5.76. The van der Waals surface area contributed by atoms with Crippen molar-refractivity contribution in [2.45, 2.75) is 58.2 Å². The zero-order chi connectivity index (χ0) is 11.9. The number of aliphatic hydroxyl groups is 4. The van der Waals surface area contributed by atoms with Crippen LogP contribution in [-0.2, 0) is 0 Å². The van der Waals surface area contributed by atoms with Crippen LogP contribution in [0.3, 0.4) is 0 Å². The summed E-state index contributed by atoms with van der Waals surface area (Å²) in [6.45, 7) is 2.59. The van der Waals surface area contributed by atoms with Gasteiger partial charge in [0.2, 0.25) is 0 Å². The molecule has 0 unspecified atom stereocenters. The van der Waals surface area contributed by atoms with E-state index in [1.165, 1.54) is 0 Å². The SMILES string of the molecule is CCCCCC(O)O.OCCCCCO. The van der Waals surface area contributed by atoms with Crippen LogP contribution >= 0.6 is 0 Å². The highest BCUT2D eigenvalue weighted by Crippen LogP contribution is 1.99. The molecule has 0 spiro atoms. The minimum Gasteiger partial charge on any atom is -0.396 e. The van der Waals surface area contributed by atoms with E-state index in [-0.39, 0.29) is 13.2 Å². The molecule has 0 bridgehead atoms. The molecular weight excluding hydrogens is 196 g/mol. The second kappa shape index (κ2) is 16.3. The summed E-state index contributed by atoms with van der Waals surface area (Å²) in [5, 5.41) is 33.1. The minimum atomic E-state index is -1.10. The highest BCUT2D eigenvalue weighted by molar-refractivity contribution is 4.40. The van der Waals surface area contributed by atoms with E-state index in [0.717, 1.165) is 38.5 Å². The van der Waals surface area contributed by atoms with Crippen LogP contribution < -0.4 is 0 Å². The molecule has 0 atom stereocenters. The standard InChI is InChI=1S/C6H14O2.C5H12O2/c1-2-3-4-5-6(7)8;6-4-2-1-3-5-7/h6-8H,2-5H2,1H3;6-7H,1-5H2. The van der Waals surface area contributed by atoms with Gasteiger partial charge < -0.3 is 20.4 Å². The molecule has 0 rings (SSSR count). The smallest absolute Gasteiger partial charge is 0.151 e. The average Bonchev–Trinajstić information content (AvgIpc) is 2.20. The Labute approximate surface area is 92.6 Å². The van der Waals surface area contributed by atoms with Crippen molar-refractivity contribution in [1.82, 2.24) is 0 Å². The zero-order valence-corrected chi connectivity index (χ0v) is 9.73. The Morgan fingerprint density at radius 2 is 1.33 bits per heavy atom. The van der Waals surface area contributed by atoms with Crippen molar-refractivity contribution >= 4 is 0 Å². The van der Waals surface area contributed by atoms with Crippen molar-refractivity contribution in [2.75, 3.05) is 13.2 Å². The van der Waals surface area contributed by atoms with Gasteiger partial charge in [0.15, 0.2) is 6.29 Å². The molecule has 0 aliphatic heterocycles. The summed E-state index contributed by atoms with van der Waals surface area (Å²) < 4.78 is 0. The fourth-order valence-electron chi connectivity index (χ4n) is 0.977. The summed E-state index contributed by atoms with van der Waals surface area (Å²) in [6.07, 6.45) is 5.15. The Balaban J connectivity index is 0. The Hall–Kier alpha value is -0.160. The first-order valence-corrected chi connectivity index (χ1v) is 5.76. The van der Waals surface area contributed by atoms with Crippen LogP contribution in [0.5, 0.6) is 0 Å². The van der Waals surface area contributed by atoms with Crippen LogP contribution in [0, 0.1) is 0 Å². The monoisotopic (exact) mass is 222 g/mol. The maximum absolute atomic E-state index is 8.33. The molecule has 0 radical (unpaired) electrons. The Kier molecular flexibility index (Phi) is 18.7. The van der Waals surface area contributed by atoms with Crippen molar-refractivity contribution < 1.29 is 20.4 Å². The molecule has 4 N–H and O–H groups in total. The van der Waals surface area contributed by atoms with Crippen molar-refractivity contribution in [1.29, 1.82) is 0 Å². The number of hydrogen-bond acceptors (Lipinski definition) is 4. The molecule has 0 aromatic rings. The summed E-state index contributed by atoms with van der Waals surface area (Å²) in [6, 6.07) is 0. The third-order valence-corrected chi connectivity index (χ3v) is 1.88. The van der Waals surface area contributed by atoms with Crippen LogP contribution in [0.15, 0.2) is 0 Å². The van der Waals surface area contributed by atoms with E-state index in [1.807, 2.05) is 0 Å². The lowest BCUT2D eigenvalue weighted by molar-refractivity contribution is -0.0465. The van der Waals surface area contributed by atoms with Gasteiger partial charge in [-0.05, 0) is 32.1 Å². The Morgan fingerprint density at radius 1 is 0.800 bits per heavy atom. The number of aliphatic hydroxyl groups excluding tert-OH is 3. The second-order valence-electron chi connectivity index (χ2n) is 3.48. The molecule has 4 heteroatoms. The van der Waals surface area contributed by atoms with Gasteiger partial charge in [0.25, 0.3) is 0 Å². The van der Waals surface area contributed by atoms with E-state index in [9.17, 15) is 0 Å². The molecular formula is C11H26O4. The lowest BCUT2D eigenvalue weighted by Gasteiger charge is -1.99. The first kappa shape index (κ1) is 17.2. The minimum absolute atomic E-state index is 0.250. The molecule has 4 nitrogen and oxygen atoms in total. The van der Waals surface area contributed by atoms with Crippen LogP contribution in [-0.4, -0.2) is 39.9 Å². The van der Waals surface area contributed by atoms with Gasteiger partial charge in [0.05, 0.1) is 0 Å². The molecule has 0 fully saturated rings. The van der Waals surface area contributed by atoms with E-state index in [0.29, 0.717) is 6.42 Å². The van der Waals surface area contributed by atoms with Crippen LogP contribution in [0.1, 0.15) is 51.9 Å². The normalized spacial score (nSPS) is 10.0. The molecule has 0 aromatic carbocycles. The third-order valence-electron chi connectivity index (χ3n) is 1.88. The van der Waals surface area contributed by atoms with Gasteiger partial charge in [-0.15, -0.1) is 0 Å². The topological polar surface area (TPSA) is 80.9 Å². The van der Waals surface area contributed by atoms with Gasteiger partial charge in [0, 0.05) is 13.2 Å². The van der Waals surface area contributed by atoms with Crippen LogP contribution in [0.2, 0.25) is 0 Å². The van der Waals surface area contributed by atoms with E-state index in [2.05, 4.69) is 6.92 Å². The Morgan fingerprint density at radius 3 is 1.67 bits per heavy atom. The number of rotatable bonds is 8. The van der Waals surface area contributed by atoms with Gasteiger partial charge in [0.1, 0.15) is 0 Å². The fourth-order valence-corrected chi connectivity index (χ4v) is 0.977.